The average molecular weight is 892 g/mol. The summed E-state index contributed by atoms with van der Waals surface area (Å²) in [7, 11) is 0. The highest BCUT2D eigenvalue weighted by Gasteiger charge is 2.46. The summed E-state index contributed by atoms with van der Waals surface area (Å²) in [4.78, 5) is 2.54. The van der Waals surface area contributed by atoms with Gasteiger partial charge in [0, 0.05) is 67.1 Å². The molecule has 6 heterocycles. The molecule has 12 aromatic rings. The number of anilines is 3. The van der Waals surface area contributed by atoms with E-state index in [1.165, 1.54) is 138 Å². The Morgan fingerprint density at radius 3 is 1.44 bits per heavy atom. The third-order valence-corrected chi connectivity index (χ3v) is 16.4. The molecule has 70 heavy (non-hydrogen) atoms. The van der Waals surface area contributed by atoms with Crippen molar-refractivity contribution in [3.8, 4) is 45.1 Å². The zero-order chi connectivity index (χ0) is 46.3. The summed E-state index contributed by atoms with van der Waals surface area (Å²) in [6.45, 7) is 8.86. The van der Waals surface area contributed by atoms with Gasteiger partial charge >= 0.3 is 0 Å². The Bertz CT molecular complexity index is 4310. The number of para-hydroxylation sites is 5. The summed E-state index contributed by atoms with van der Waals surface area (Å²) >= 11 is 0. The first-order valence-electron chi connectivity index (χ1n) is 24.7. The molecule has 2 aromatic heterocycles. The molecule has 16 rings (SSSR count). The molecule has 0 fully saturated rings. The fraction of sp³-hybridized carbons (Fsp3) is 0.0625. The first-order valence-corrected chi connectivity index (χ1v) is 24.7. The number of benzene rings is 10. The van der Waals surface area contributed by atoms with Gasteiger partial charge in [0.15, 0.2) is 0 Å². The van der Waals surface area contributed by atoms with Crippen molar-refractivity contribution in [3.63, 3.8) is 0 Å². The van der Waals surface area contributed by atoms with Crippen molar-refractivity contribution < 1.29 is 4.74 Å². The maximum Gasteiger partial charge on any atom is 0.256 e. The number of hydrogen-bond acceptors (Lipinski definition) is 2. The van der Waals surface area contributed by atoms with Crippen molar-refractivity contribution in [2.45, 2.75) is 27.7 Å². The van der Waals surface area contributed by atoms with Gasteiger partial charge in [0.1, 0.15) is 11.5 Å². The number of rotatable bonds is 3. The van der Waals surface area contributed by atoms with Gasteiger partial charge in [-0.15, -0.1) is 0 Å². The highest BCUT2D eigenvalue weighted by molar-refractivity contribution is 7.02. The van der Waals surface area contributed by atoms with Crippen LogP contribution in [0.15, 0.2) is 188 Å². The Morgan fingerprint density at radius 1 is 0.357 bits per heavy atom. The molecule has 4 aliphatic heterocycles. The Kier molecular flexibility index (Phi) is 7.49. The highest BCUT2D eigenvalue weighted by Crippen LogP contribution is 2.47. The molecule has 0 amide bonds. The number of ether oxygens (including phenoxy) is 1. The number of aryl methyl sites for hydroxylation is 4. The molecule has 0 aliphatic carbocycles. The molecule has 0 atom stereocenters. The Hall–Kier alpha value is -8.47. The lowest BCUT2D eigenvalue weighted by molar-refractivity contribution is 0.487. The van der Waals surface area contributed by atoms with E-state index in [1.54, 1.807) is 0 Å². The maximum absolute atomic E-state index is 7.54. The minimum absolute atomic E-state index is 0.0455. The lowest BCUT2D eigenvalue weighted by Gasteiger charge is -2.42. The van der Waals surface area contributed by atoms with E-state index in [9.17, 15) is 0 Å². The lowest BCUT2D eigenvalue weighted by atomic mass is 9.31. The predicted octanol–water partition coefficient (Wildman–Crippen LogP) is 12.0. The van der Waals surface area contributed by atoms with Crippen molar-refractivity contribution >= 4 is 107 Å². The van der Waals surface area contributed by atoms with Crippen LogP contribution in [0.2, 0.25) is 0 Å². The van der Waals surface area contributed by atoms with E-state index in [0.29, 0.717) is 0 Å². The SMILES string of the molecule is Cc1cccc(C)c1-c1cc2c3c(c1)-n1c4ccccc4c4cccc(c41)B3c1cc3c(cc1O2)N(c1ccccc1)c1cc(-c2c(C)cccc2C)cc2c1B3c1cccc3c4ccccc4n-2c13. The van der Waals surface area contributed by atoms with Gasteiger partial charge in [-0.2, -0.15) is 0 Å². The van der Waals surface area contributed by atoms with Gasteiger partial charge in [0.05, 0.1) is 11.0 Å². The second kappa shape index (κ2) is 13.6. The van der Waals surface area contributed by atoms with E-state index in [0.717, 1.165) is 22.9 Å². The van der Waals surface area contributed by atoms with Crippen molar-refractivity contribution in [2.75, 3.05) is 4.90 Å². The van der Waals surface area contributed by atoms with E-state index in [4.69, 9.17) is 4.74 Å². The van der Waals surface area contributed by atoms with E-state index in [-0.39, 0.29) is 13.4 Å². The van der Waals surface area contributed by atoms with E-state index >= 15 is 0 Å². The van der Waals surface area contributed by atoms with Crippen LogP contribution in [0.1, 0.15) is 22.3 Å². The smallest absolute Gasteiger partial charge is 0.256 e. The fourth-order valence-corrected chi connectivity index (χ4v) is 13.7. The quantitative estimate of drug-likeness (QED) is 0.165. The highest BCUT2D eigenvalue weighted by atomic mass is 16.5. The number of hydrogen-bond donors (Lipinski definition) is 0. The van der Waals surface area contributed by atoms with Crippen LogP contribution in [-0.4, -0.2) is 22.6 Å². The van der Waals surface area contributed by atoms with E-state index in [2.05, 4.69) is 230 Å². The number of nitrogens with zero attached hydrogens (tertiary/aromatic N) is 3. The van der Waals surface area contributed by atoms with Crippen LogP contribution < -0.4 is 42.4 Å². The molecule has 4 nitrogen and oxygen atoms in total. The zero-order valence-corrected chi connectivity index (χ0v) is 39.3. The van der Waals surface area contributed by atoms with Crippen molar-refractivity contribution in [1.29, 1.82) is 0 Å². The first-order chi connectivity index (χ1) is 34.4. The summed E-state index contributed by atoms with van der Waals surface area (Å²) in [6, 6.07) is 70.9. The van der Waals surface area contributed by atoms with E-state index < -0.39 is 0 Å². The molecule has 0 saturated carbocycles. The summed E-state index contributed by atoms with van der Waals surface area (Å²) in [5.74, 6) is 1.82. The average Bonchev–Trinajstić information content (AvgIpc) is 3.90. The molecular formula is C64H43B2N3O. The van der Waals surface area contributed by atoms with E-state index in [1.807, 2.05) is 0 Å². The van der Waals surface area contributed by atoms with Gasteiger partial charge < -0.3 is 18.8 Å². The van der Waals surface area contributed by atoms with Gasteiger partial charge in [0.2, 0.25) is 0 Å². The summed E-state index contributed by atoms with van der Waals surface area (Å²) in [5.41, 5.74) is 28.6. The number of aromatic nitrogens is 2. The Labute approximate surface area is 406 Å². The largest absolute Gasteiger partial charge is 0.458 e. The van der Waals surface area contributed by atoms with Gasteiger partial charge in [-0.05, 0) is 154 Å². The molecular weight excluding hydrogens is 848 g/mol. The molecule has 326 valence electrons. The lowest BCUT2D eigenvalue weighted by Crippen LogP contribution is -2.63. The summed E-state index contributed by atoms with van der Waals surface area (Å²) in [5, 5.41) is 5.11. The molecule has 0 N–H and O–H groups in total. The molecule has 0 radical (unpaired) electrons. The molecule has 6 heteroatoms. The minimum atomic E-state index is -0.0603. The zero-order valence-electron chi connectivity index (χ0n) is 39.3. The van der Waals surface area contributed by atoms with Crippen LogP contribution in [0.4, 0.5) is 17.1 Å². The monoisotopic (exact) mass is 891 g/mol. The van der Waals surface area contributed by atoms with Crippen LogP contribution in [0.25, 0.3) is 77.2 Å². The minimum Gasteiger partial charge on any atom is -0.458 e. The second-order valence-corrected chi connectivity index (χ2v) is 20.1. The first kappa shape index (κ1) is 38.5. The molecule has 4 aliphatic rings. The third kappa shape index (κ3) is 4.83. The molecule has 10 aromatic carbocycles. The molecule has 0 unspecified atom stereocenters. The van der Waals surface area contributed by atoms with Crippen molar-refractivity contribution in [2.24, 2.45) is 0 Å². The Balaban J connectivity index is 1.04. The second-order valence-electron chi connectivity index (χ2n) is 20.1. The van der Waals surface area contributed by atoms with Gasteiger partial charge in [-0.25, -0.2) is 0 Å². The van der Waals surface area contributed by atoms with Crippen molar-refractivity contribution in [3.05, 3.63) is 210 Å². The van der Waals surface area contributed by atoms with Crippen LogP contribution in [-0.2, 0) is 0 Å². The van der Waals surface area contributed by atoms with Gasteiger partial charge in [0.25, 0.3) is 13.4 Å². The van der Waals surface area contributed by atoms with Crippen LogP contribution in [0.3, 0.4) is 0 Å². The topological polar surface area (TPSA) is 22.3 Å². The van der Waals surface area contributed by atoms with Gasteiger partial charge in [-0.3, -0.25) is 0 Å². The number of fused-ring (bicyclic) bond motifs is 14. The standard InChI is InChI=1S/C64H43B2N3O/c1-36-16-12-17-37(2)59(36)40-30-54-61-55(31-40)68-51-28-10-8-22-43(51)45-24-14-26-47(63(45)68)65(61)49-34-50-57(35-53(49)67(54)42-20-6-5-7-21-42)70-58-33-41(60-38(3)18-13-19-39(60)4)32-56-62(58)66(50)48-27-15-25-46-44-23-9-11-29-52(44)69(56)64(46)48/h5-35H,1-4H3. The van der Waals surface area contributed by atoms with Gasteiger partial charge in [-0.1, -0.05) is 133 Å². The maximum atomic E-state index is 7.54. The Morgan fingerprint density at radius 2 is 0.843 bits per heavy atom. The summed E-state index contributed by atoms with van der Waals surface area (Å²) < 4.78 is 12.7. The molecule has 0 saturated heterocycles. The summed E-state index contributed by atoms with van der Waals surface area (Å²) in [6.07, 6.45) is 0. The van der Waals surface area contributed by atoms with Crippen molar-refractivity contribution in [1.82, 2.24) is 9.13 Å². The van der Waals surface area contributed by atoms with Crippen LogP contribution >= 0.6 is 0 Å². The van der Waals surface area contributed by atoms with Crippen LogP contribution in [0, 0.1) is 27.7 Å². The third-order valence-electron chi connectivity index (χ3n) is 16.4. The predicted molar refractivity (Wildman–Crippen MR) is 295 cm³/mol. The molecule has 0 bridgehead atoms. The van der Waals surface area contributed by atoms with Crippen LogP contribution in [0.5, 0.6) is 11.5 Å². The molecule has 0 spiro atoms. The normalized spacial score (nSPS) is 13.5. The fourth-order valence-electron chi connectivity index (χ4n) is 13.7.